The lowest BCUT2D eigenvalue weighted by Gasteiger charge is -2.02. The topological polar surface area (TPSA) is 48.0 Å². The molecule has 84 valence electrons. The Morgan fingerprint density at radius 3 is 3.00 bits per heavy atom. The fraction of sp³-hybridized carbons (Fsp3) is 0.333. The molecule has 2 aromatic heterocycles. The van der Waals surface area contributed by atoms with Crippen molar-refractivity contribution in [1.82, 2.24) is 9.78 Å². The Hall–Kier alpha value is -1.84. The van der Waals surface area contributed by atoms with Gasteiger partial charge in [0.1, 0.15) is 0 Å². The molecule has 0 spiro atoms. The number of nitrogens with zero attached hydrogens (tertiary/aromatic N) is 2. The van der Waals surface area contributed by atoms with Gasteiger partial charge in [0.05, 0.1) is 18.4 Å². The molecule has 2 aromatic rings. The van der Waals surface area contributed by atoms with Crippen LogP contribution in [0.5, 0.6) is 0 Å². The Labute approximate surface area is 93.9 Å². The summed E-state index contributed by atoms with van der Waals surface area (Å²) < 4.78 is 6.91. The minimum atomic E-state index is -0.0143. The first-order chi connectivity index (χ1) is 7.70. The fourth-order valence-electron chi connectivity index (χ4n) is 1.70. The summed E-state index contributed by atoms with van der Waals surface area (Å²) in [6, 6.07) is 5.34. The average molecular weight is 218 g/mol. The third kappa shape index (κ3) is 2.05. The number of aromatic nitrogens is 2. The number of Topliss-reactive ketones (excluding diaryl/α,β-unsaturated/α-hetero) is 1. The van der Waals surface area contributed by atoms with Crippen molar-refractivity contribution in [3.8, 4) is 0 Å². The third-order valence-electron chi connectivity index (χ3n) is 2.42. The van der Waals surface area contributed by atoms with Crippen molar-refractivity contribution in [2.45, 2.75) is 26.8 Å². The van der Waals surface area contributed by atoms with E-state index in [0.717, 1.165) is 17.9 Å². The molecule has 0 aromatic carbocycles. The molecule has 0 radical (unpaired) electrons. The fourth-order valence-corrected chi connectivity index (χ4v) is 1.70. The van der Waals surface area contributed by atoms with Crippen LogP contribution in [-0.4, -0.2) is 15.6 Å². The summed E-state index contributed by atoms with van der Waals surface area (Å²) in [5.74, 6) is 0.390. The Bertz CT molecular complexity index is 483. The van der Waals surface area contributed by atoms with Crippen molar-refractivity contribution in [3.05, 3.63) is 41.6 Å². The molecule has 0 N–H and O–H groups in total. The van der Waals surface area contributed by atoms with Gasteiger partial charge in [0.15, 0.2) is 5.76 Å². The molecule has 0 fully saturated rings. The van der Waals surface area contributed by atoms with Gasteiger partial charge >= 0.3 is 0 Å². The van der Waals surface area contributed by atoms with Crippen LogP contribution in [0.4, 0.5) is 0 Å². The van der Waals surface area contributed by atoms with Crippen molar-refractivity contribution >= 4 is 5.78 Å². The van der Waals surface area contributed by atoms with Crippen LogP contribution in [0, 0.1) is 6.92 Å². The summed E-state index contributed by atoms with van der Waals surface area (Å²) in [7, 11) is 0. The van der Waals surface area contributed by atoms with Crippen LogP contribution < -0.4 is 0 Å². The molecule has 2 heterocycles. The van der Waals surface area contributed by atoms with E-state index in [1.807, 2.05) is 24.6 Å². The van der Waals surface area contributed by atoms with Crippen LogP contribution in [0.2, 0.25) is 0 Å². The summed E-state index contributed by atoms with van der Waals surface area (Å²) in [5.41, 5.74) is 1.87. The summed E-state index contributed by atoms with van der Waals surface area (Å²) >= 11 is 0. The van der Waals surface area contributed by atoms with Gasteiger partial charge in [-0.05, 0) is 32.0 Å². The number of aryl methyl sites for hydroxylation is 2. The largest absolute Gasteiger partial charge is 0.461 e. The van der Waals surface area contributed by atoms with Crippen LogP contribution in [0.1, 0.15) is 28.9 Å². The molecule has 4 nitrogen and oxygen atoms in total. The lowest BCUT2D eigenvalue weighted by molar-refractivity contribution is 0.0964. The number of ketones is 1. The molecule has 0 aliphatic carbocycles. The number of hydrogen-bond acceptors (Lipinski definition) is 3. The second-order valence-electron chi connectivity index (χ2n) is 3.67. The Morgan fingerprint density at radius 1 is 1.56 bits per heavy atom. The number of hydrogen-bond donors (Lipinski definition) is 0. The Morgan fingerprint density at radius 2 is 2.38 bits per heavy atom. The van der Waals surface area contributed by atoms with Gasteiger partial charge in [-0.15, -0.1) is 0 Å². The quantitative estimate of drug-likeness (QED) is 0.739. The predicted octanol–water partition coefficient (Wildman–Crippen LogP) is 2.23. The molecular weight excluding hydrogens is 204 g/mol. The van der Waals surface area contributed by atoms with Gasteiger partial charge in [0, 0.05) is 12.2 Å². The van der Waals surface area contributed by atoms with E-state index < -0.39 is 0 Å². The van der Waals surface area contributed by atoms with Crippen molar-refractivity contribution in [2.75, 3.05) is 0 Å². The molecule has 0 amide bonds. The van der Waals surface area contributed by atoms with Gasteiger partial charge in [0.25, 0.3) is 0 Å². The minimum Gasteiger partial charge on any atom is -0.461 e. The van der Waals surface area contributed by atoms with Gasteiger partial charge in [-0.2, -0.15) is 5.10 Å². The van der Waals surface area contributed by atoms with Crippen molar-refractivity contribution in [2.24, 2.45) is 0 Å². The van der Waals surface area contributed by atoms with E-state index in [9.17, 15) is 4.79 Å². The maximum atomic E-state index is 11.8. The highest BCUT2D eigenvalue weighted by Gasteiger charge is 2.13. The van der Waals surface area contributed by atoms with Gasteiger partial charge in [-0.1, -0.05) is 0 Å². The molecule has 0 saturated carbocycles. The number of carbonyl (C=O) groups is 1. The Kier molecular flexibility index (Phi) is 2.90. The van der Waals surface area contributed by atoms with Crippen LogP contribution in [0.25, 0.3) is 0 Å². The normalized spacial score (nSPS) is 10.6. The molecule has 0 bridgehead atoms. The van der Waals surface area contributed by atoms with Gasteiger partial charge in [0.2, 0.25) is 5.78 Å². The zero-order valence-electron chi connectivity index (χ0n) is 9.43. The highest BCUT2D eigenvalue weighted by molar-refractivity contribution is 5.94. The van der Waals surface area contributed by atoms with Gasteiger partial charge in [-0.25, -0.2) is 0 Å². The number of furan rings is 1. The van der Waals surface area contributed by atoms with E-state index >= 15 is 0 Å². The lowest BCUT2D eigenvalue weighted by atomic mass is 10.2. The zero-order valence-corrected chi connectivity index (χ0v) is 9.43. The molecule has 16 heavy (non-hydrogen) atoms. The third-order valence-corrected chi connectivity index (χ3v) is 2.42. The van der Waals surface area contributed by atoms with Crippen LogP contribution in [0.15, 0.2) is 28.9 Å². The first kappa shape index (κ1) is 10.7. The molecule has 0 saturated heterocycles. The van der Waals surface area contributed by atoms with E-state index in [1.165, 1.54) is 6.26 Å². The van der Waals surface area contributed by atoms with E-state index in [2.05, 4.69) is 5.10 Å². The summed E-state index contributed by atoms with van der Waals surface area (Å²) in [4.78, 5) is 11.8. The van der Waals surface area contributed by atoms with E-state index in [1.54, 1.807) is 12.1 Å². The van der Waals surface area contributed by atoms with Gasteiger partial charge < -0.3 is 4.42 Å². The van der Waals surface area contributed by atoms with Crippen LogP contribution in [-0.2, 0) is 13.0 Å². The number of carbonyl (C=O) groups excluding carboxylic acids is 1. The second kappa shape index (κ2) is 4.35. The van der Waals surface area contributed by atoms with Crippen LogP contribution in [0.3, 0.4) is 0 Å². The van der Waals surface area contributed by atoms with E-state index in [4.69, 9.17) is 4.42 Å². The van der Waals surface area contributed by atoms with E-state index in [0.29, 0.717) is 12.2 Å². The molecular formula is C12H14N2O2. The first-order valence-electron chi connectivity index (χ1n) is 5.30. The van der Waals surface area contributed by atoms with Crippen LogP contribution >= 0.6 is 0 Å². The predicted molar refractivity (Wildman–Crippen MR) is 59.4 cm³/mol. The molecule has 2 rings (SSSR count). The first-order valence-corrected chi connectivity index (χ1v) is 5.30. The SMILES string of the molecule is CCn1nc(C)cc1CC(=O)c1ccco1. The zero-order chi connectivity index (χ0) is 11.5. The lowest BCUT2D eigenvalue weighted by Crippen LogP contribution is -2.09. The molecule has 4 heteroatoms. The summed E-state index contributed by atoms with van der Waals surface area (Å²) in [6.45, 7) is 4.70. The monoisotopic (exact) mass is 218 g/mol. The summed E-state index contributed by atoms with van der Waals surface area (Å²) in [5, 5.41) is 4.30. The minimum absolute atomic E-state index is 0.0143. The summed E-state index contributed by atoms with van der Waals surface area (Å²) in [6.07, 6.45) is 1.85. The standard InChI is InChI=1S/C12H14N2O2/c1-3-14-10(7-9(2)13-14)8-11(15)12-5-4-6-16-12/h4-7H,3,8H2,1-2H3. The maximum Gasteiger partial charge on any atom is 0.203 e. The van der Waals surface area contributed by atoms with Crippen molar-refractivity contribution in [1.29, 1.82) is 0 Å². The Balaban J connectivity index is 2.17. The maximum absolute atomic E-state index is 11.8. The molecule has 0 unspecified atom stereocenters. The molecule has 0 aliphatic heterocycles. The van der Waals surface area contributed by atoms with Crippen molar-refractivity contribution < 1.29 is 9.21 Å². The smallest absolute Gasteiger partial charge is 0.203 e. The number of rotatable bonds is 4. The van der Waals surface area contributed by atoms with E-state index in [-0.39, 0.29) is 5.78 Å². The van der Waals surface area contributed by atoms with Gasteiger partial charge in [-0.3, -0.25) is 9.48 Å². The molecule has 0 aliphatic rings. The van der Waals surface area contributed by atoms with Crippen molar-refractivity contribution in [3.63, 3.8) is 0 Å². The highest BCUT2D eigenvalue weighted by Crippen LogP contribution is 2.09. The molecule has 0 atom stereocenters. The average Bonchev–Trinajstić information content (AvgIpc) is 2.87. The second-order valence-corrected chi connectivity index (χ2v) is 3.67. The highest BCUT2D eigenvalue weighted by atomic mass is 16.3.